The number of nitrogens with one attached hydrogen (secondary N) is 1. The second-order valence-corrected chi connectivity index (χ2v) is 4.57. The van der Waals surface area contributed by atoms with Gasteiger partial charge in [0.2, 0.25) is 0 Å². The maximum atomic E-state index is 11.6. The Morgan fingerprint density at radius 1 is 1.23 bits per heavy atom. The van der Waals surface area contributed by atoms with Crippen molar-refractivity contribution in [3.8, 4) is 0 Å². The van der Waals surface area contributed by atoms with Crippen molar-refractivity contribution in [2.75, 3.05) is 0 Å². The summed E-state index contributed by atoms with van der Waals surface area (Å²) in [4.78, 5) is 14.4. The largest absolute Gasteiger partial charge is 0.326 e. The zero-order valence-electron chi connectivity index (χ0n) is 8.99. The van der Waals surface area contributed by atoms with E-state index in [0.717, 1.165) is 16.8 Å². The minimum Gasteiger partial charge on any atom is -0.326 e. The van der Waals surface area contributed by atoms with Crippen LogP contribution in [0, 0.1) is 13.8 Å². The quantitative estimate of drug-likeness (QED) is 0.651. The lowest BCUT2D eigenvalue weighted by molar-refractivity contribution is 0.580. The molecule has 1 heterocycles. The van der Waals surface area contributed by atoms with Gasteiger partial charge in [-0.2, -0.15) is 0 Å². The van der Waals surface area contributed by atoms with E-state index >= 15 is 0 Å². The molecule has 0 atom stereocenters. The highest BCUT2D eigenvalue weighted by molar-refractivity contribution is 5.27. The predicted molar refractivity (Wildman–Crippen MR) is 55.2 cm³/mol. The highest BCUT2D eigenvalue weighted by Crippen LogP contribution is 2.19. The number of rotatable bonds is 0. The summed E-state index contributed by atoms with van der Waals surface area (Å²) in [5, 5.41) is 0. The van der Waals surface area contributed by atoms with E-state index in [1.165, 1.54) is 0 Å². The summed E-state index contributed by atoms with van der Waals surface area (Å²) < 4.78 is 0. The van der Waals surface area contributed by atoms with Gasteiger partial charge in [0.15, 0.2) is 0 Å². The van der Waals surface area contributed by atoms with Gasteiger partial charge in [-0.15, -0.1) is 0 Å². The zero-order valence-corrected chi connectivity index (χ0v) is 8.99. The first-order valence-electron chi connectivity index (χ1n) is 4.53. The molecule has 0 saturated heterocycles. The van der Waals surface area contributed by atoms with E-state index in [-0.39, 0.29) is 11.0 Å². The van der Waals surface area contributed by atoms with Crippen LogP contribution in [0.15, 0.2) is 10.9 Å². The molecule has 1 rings (SSSR count). The Bertz CT molecular complexity index is 369. The van der Waals surface area contributed by atoms with Crippen LogP contribution in [0.4, 0.5) is 0 Å². The molecule has 1 N–H and O–H groups in total. The highest BCUT2D eigenvalue weighted by Gasteiger charge is 2.17. The van der Waals surface area contributed by atoms with E-state index in [1.54, 1.807) is 0 Å². The van der Waals surface area contributed by atoms with Crippen LogP contribution >= 0.6 is 0 Å². The molecule has 0 radical (unpaired) electrons. The Balaban J connectivity index is 3.41. The van der Waals surface area contributed by atoms with Crippen LogP contribution in [-0.4, -0.2) is 4.98 Å². The average Bonchev–Trinajstić information content (AvgIpc) is 1.94. The van der Waals surface area contributed by atoms with Crippen LogP contribution in [0.25, 0.3) is 0 Å². The van der Waals surface area contributed by atoms with Crippen LogP contribution in [0.5, 0.6) is 0 Å². The van der Waals surface area contributed by atoms with Gasteiger partial charge in [0.05, 0.1) is 0 Å². The second-order valence-electron chi connectivity index (χ2n) is 4.57. The molecular formula is C11H17NO. The Kier molecular flexibility index (Phi) is 2.33. The molecule has 13 heavy (non-hydrogen) atoms. The Labute approximate surface area is 79.0 Å². The first kappa shape index (κ1) is 10.0. The van der Waals surface area contributed by atoms with Gasteiger partial charge in [-0.3, -0.25) is 4.79 Å². The maximum absolute atomic E-state index is 11.6. The number of hydrogen-bond acceptors (Lipinski definition) is 1. The molecule has 0 unspecified atom stereocenters. The van der Waals surface area contributed by atoms with Crippen molar-refractivity contribution >= 4 is 0 Å². The lowest BCUT2D eigenvalue weighted by Gasteiger charge is -2.18. The number of aromatic amines is 1. The van der Waals surface area contributed by atoms with E-state index in [1.807, 2.05) is 40.7 Å². The van der Waals surface area contributed by atoms with Crippen LogP contribution in [-0.2, 0) is 5.41 Å². The van der Waals surface area contributed by atoms with Crippen molar-refractivity contribution in [2.24, 2.45) is 0 Å². The van der Waals surface area contributed by atoms with Crippen molar-refractivity contribution in [1.82, 2.24) is 4.98 Å². The molecule has 1 aromatic heterocycles. The van der Waals surface area contributed by atoms with E-state index in [4.69, 9.17) is 0 Å². The highest BCUT2D eigenvalue weighted by atomic mass is 16.1. The third kappa shape index (κ3) is 2.00. The smallest absolute Gasteiger partial charge is 0.251 e. The summed E-state index contributed by atoms with van der Waals surface area (Å²) in [6, 6.07) is 1.98. The molecule has 0 saturated carbocycles. The summed E-state index contributed by atoms with van der Waals surface area (Å²) in [7, 11) is 0. The fourth-order valence-corrected chi connectivity index (χ4v) is 1.28. The van der Waals surface area contributed by atoms with Crippen molar-refractivity contribution in [3.63, 3.8) is 0 Å². The minimum absolute atomic E-state index is 0.0376. The van der Waals surface area contributed by atoms with Crippen LogP contribution < -0.4 is 5.56 Å². The van der Waals surface area contributed by atoms with Crippen molar-refractivity contribution in [3.05, 3.63) is 33.2 Å². The molecule has 0 spiro atoms. The summed E-state index contributed by atoms with van der Waals surface area (Å²) in [6.45, 7) is 10.1. The Morgan fingerprint density at radius 3 is 2.23 bits per heavy atom. The average molecular weight is 179 g/mol. The molecule has 0 bridgehead atoms. The monoisotopic (exact) mass is 179 g/mol. The van der Waals surface area contributed by atoms with Gasteiger partial charge in [-0.05, 0) is 30.9 Å². The Hall–Kier alpha value is -1.05. The molecule has 0 aliphatic heterocycles. The molecule has 2 heteroatoms. The van der Waals surface area contributed by atoms with Crippen molar-refractivity contribution in [2.45, 2.75) is 40.0 Å². The van der Waals surface area contributed by atoms with E-state index in [0.29, 0.717) is 0 Å². The second kappa shape index (κ2) is 3.02. The number of hydrogen-bond donors (Lipinski definition) is 1. The van der Waals surface area contributed by atoms with E-state index < -0.39 is 0 Å². The summed E-state index contributed by atoms with van der Waals surface area (Å²) in [6.07, 6.45) is 0. The summed E-state index contributed by atoms with van der Waals surface area (Å²) in [5.41, 5.74) is 2.92. The molecule has 0 amide bonds. The van der Waals surface area contributed by atoms with Gasteiger partial charge in [0, 0.05) is 11.3 Å². The van der Waals surface area contributed by atoms with Crippen molar-refractivity contribution < 1.29 is 0 Å². The first-order valence-corrected chi connectivity index (χ1v) is 4.53. The topological polar surface area (TPSA) is 32.9 Å². The van der Waals surface area contributed by atoms with Crippen LogP contribution in [0.1, 0.15) is 37.6 Å². The third-order valence-corrected chi connectivity index (χ3v) is 2.31. The fraction of sp³-hybridized carbons (Fsp3) is 0.545. The van der Waals surface area contributed by atoms with Crippen LogP contribution in [0.2, 0.25) is 0 Å². The SMILES string of the molecule is Cc1cc(C(C)(C)C)c(=O)[nH]c1C. The van der Waals surface area contributed by atoms with Gasteiger partial charge in [-0.1, -0.05) is 20.8 Å². The zero-order chi connectivity index (χ0) is 10.2. The summed E-state index contributed by atoms with van der Waals surface area (Å²) in [5.74, 6) is 0. The van der Waals surface area contributed by atoms with Gasteiger partial charge >= 0.3 is 0 Å². The maximum Gasteiger partial charge on any atom is 0.251 e. The number of pyridine rings is 1. The summed E-state index contributed by atoms with van der Waals surface area (Å²) >= 11 is 0. The Morgan fingerprint density at radius 2 is 1.77 bits per heavy atom. The van der Waals surface area contributed by atoms with E-state index in [2.05, 4.69) is 4.98 Å². The molecule has 0 aliphatic rings. The predicted octanol–water partition coefficient (Wildman–Crippen LogP) is 2.29. The number of aromatic nitrogens is 1. The molecule has 0 aliphatic carbocycles. The van der Waals surface area contributed by atoms with Gasteiger partial charge in [-0.25, -0.2) is 0 Å². The van der Waals surface area contributed by atoms with Gasteiger partial charge in [0.25, 0.3) is 5.56 Å². The number of aryl methyl sites for hydroxylation is 2. The van der Waals surface area contributed by atoms with Crippen molar-refractivity contribution in [1.29, 1.82) is 0 Å². The molecule has 1 aromatic rings. The van der Waals surface area contributed by atoms with Crippen LogP contribution in [0.3, 0.4) is 0 Å². The fourth-order valence-electron chi connectivity index (χ4n) is 1.28. The van der Waals surface area contributed by atoms with Gasteiger partial charge in [0.1, 0.15) is 0 Å². The van der Waals surface area contributed by atoms with Gasteiger partial charge < -0.3 is 4.98 Å². The minimum atomic E-state index is -0.0773. The molecule has 0 aromatic carbocycles. The standard InChI is InChI=1S/C11H17NO/c1-7-6-9(11(3,4)5)10(13)12-8(7)2/h6H,1-5H3,(H,12,13). The third-order valence-electron chi connectivity index (χ3n) is 2.31. The van der Waals surface area contributed by atoms with E-state index in [9.17, 15) is 4.79 Å². The molecule has 72 valence electrons. The number of H-pyrrole nitrogens is 1. The molecular weight excluding hydrogens is 162 g/mol. The normalized spacial score (nSPS) is 11.8. The molecule has 0 fully saturated rings. The first-order chi connectivity index (χ1) is 5.82. The lowest BCUT2D eigenvalue weighted by Crippen LogP contribution is -2.25. The lowest BCUT2D eigenvalue weighted by atomic mass is 9.87. The molecule has 2 nitrogen and oxygen atoms in total.